The first-order chi connectivity index (χ1) is 12.8. The first-order valence-electron chi connectivity index (χ1n) is 8.75. The Labute approximate surface area is 150 Å². The molecule has 7 heteroatoms. The van der Waals surface area contributed by atoms with Gasteiger partial charge < -0.3 is 14.4 Å². The summed E-state index contributed by atoms with van der Waals surface area (Å²) in [7, 11) is 0. The third kappa shape index (κ3) is 2.52. The predicted octanol–water partition coefficient (Wildman–Crippen LogP) is 3.52. The molecule has 0 spiro atoms. The molecule has 1 aliphatic rings. The molecule has 130 valence electrons. The van der Waals surface area contributed by atoms with E-state index in [1.54, 1.807) is 12.4 Å². The van der Waals surface area contributed by atoms with E-state index in [1.807, 2.05) is 30.5 Å². The summed E-state index contributed by atoms with van der Waals surface area (Å²) in [6, 6.07) is 7.79. The first-order valence-corrected chi connectivity index (χ1v) is 8.75. The van der Waals surface area contributed by atoms with Gasteiger partial charge in [-0.3, -0.25) is 0 Å². The monoisotopic (exact) mass is 346 g/mol. The van der Waals surface area contributed by atoms with Gasteiger partial charge in [0.15, 0.2) is 0 Å². The van der Waals surface area contributed by atoms with Gasteiger partial charge in [-0.2, -0.15) is 4.98 Å². The fourth-order valence-corrected chi connectivity index (χ4v) is 3.47. The molecule has 0 aromatic carbocycles. The summed E-state index contributed by atoms with van der Waals surface area (Å²) in [4.78, 5) is 18.8. The lowest BCUT2D eigenvalue weighted by Crippen LogP contribution is -2.20. The van der Waals surface area contributed by atoms with Crippen molar-refractivity contribution in [3.63, 3.8) is 0 Å². The smallest absolute Gasteiger partial charge is 0.258 e. The molecule has 0 saturated carbocycles. The topological polar surface area (TPSA) is 83.7 Å². The summed E-state index contributed by atoms with van der Waals surface area (Å²) < 4.78 is 5.53. The van der Waals surface area contributed by atoms with Crippen LogP contribution in [0.5, 0.6) is 0 Å². The van der Waals surface area contributed by atoms with E-state index in [4.69, 9.17) is 4.52 Å². The minimum absolute atomic E-state index is 0.497. The van der Waals surface area contributed by atoms with Crippen LogP contribution >= 0.6 is 0 Å². The third-order valence-corrected chi connectivity index (χ3v) is 4.87. The van der Waals surface area contributed by atoms with Gasteiger partial charge in [0.05, 0.1) is 0 Å². The van der Waals surface area contributed by atoms with E-state index in [2.05, 4.69) is 36.9 Å². The van der Waals surface area contributed by atoms with E-state index < -0.39 is 0 Å². The van der Waals surface area contributed by atoms with Gasteiger partial charge in [0.2, 0.25) is 5.82 Å². The van der Waals surface area contributed by atoms with Crippen molar-refractivity contribution in [1.29, 1.82) is 0 Å². The molecule has 1 aliphatic heterocycles. The number of nitrogens with zero attached hydrogens (tertiary/aromatic N) is 5. The fourth-order valence-electron chi connectivity index (χ4n) is 3.47. The second-order valence-corrected chi connectivity index (χ2v) is 6.76. The van der Waals surface area contributed by atoms with E-state index in [-0.39, 0.29) is 0 Å². The van der Waals surface area contributed by atoms with E-state index >= 15 is 0 Å². The van der Waals surface area contributed by atoms with Crippen LogP contribution in [-0.2, 0) is 0 Å². The van der Waals surface area contributed by atoms with Crippen molar-refractivity contribution < 1.29 is 4.52 Å². The zero-order valence-corrected chi connectivity index (χ0v) is 14.4. The van der Waals surface area contributed by atoms with E-state index in [0.29, 0.717) is 17.6 Å². The minimum Gasteiger partial charge on any atom is -0.356 e. The molecule has 1 N–H and O–H groups in total. The van der Waals surface area contributed by atoms with Crippen molar-refractivity contribution in [2.45, 2.75) is 13.3 Å². The highest BCUT2D eigenvalue weighted by molar-refractivity contribution is 5.90. The van der Waals surface area contributed by atoms with Crippen LogP contribution in [0, 0.1) is 5.92 Å². The predicted molar refractivity (Wildman–Crippen MR) is 98.6 cm³/mol. The number of hydrogen-bond acceptors (Lipinski definition) is 6. The number of pyridine rings is 2. The summed E-state index contributed by atoms with van der Waals surface area (Å²) >= 11 is 0. The zero-order chi connectivity index (χ0) is 17.5. The summed E-state index contributed by atoms with van der Waals surface area (Å²) in [5.41, 5.74) is 2.59. The molecule has 26 heavy (non-hydrogen) atoms. The molecular formula is C19H18N6O. The van der Waals surface area contributed by atoms with E-state index in [9.17, 15) is 0 Å². The Bertz CT molecular complexity index is 1070. The number of aromatic nitrogens is 5. The molecular weight excluding hydrogens is 328 g/mol. The molecule has 0 bridgehead atoms. The summed E-state index contributed by atoms with van der Waals surface area (Å²) in [6.07, 6.45) is 6.59. The number of nitrogens with one attached hydrogen (secondary N) is 1. The van der Waals surface area contributed by atoms with Crippen LogP contribution in [0.1, 0.15) is 13.3 Å². The third-order valence-electron chi connectivity index (χ3n) is 4.87. The van der Waals surface area contributed by atoms with Crippen LogP contribution in [0.2, 0.25) is 0 Å². The molecule has 0 radical (unpaired) electrons. The van der Waals surface area contributed by atoms with Crippen LogP contribution < -0.4 is 4.90 Å². The van der Waals surface area contributed by atoms with Gasteiger partial charge in [-0.05, 0) is 36.6 Å². The zero-order valence-electron chi connectivity index (χ0n) is 14.4. The van der Waals surface area contributed by atoms with Gasteiger partial charge >= 0.3 is 0 Å². The molecule has 1 atom stereocenters. The van der Waals surface area contributed by atoms with Gasteiger partial charge in [-0.25, -0.2) is 9.97 Å². The van der Waals surface area contributed by atoms with Crippen LogP contribution in [0.15, 0.2) is 47.4 Å². The Kier molecular flexibility index (Phi) is 3.44. The maximum absolute atomic E-state index is 5.53. The van der Waals surface area contributed by atoms with Crippen molar-refractivity contribution >= 4 is 16.9 Å². The highest BCUT2D eigenvalue weighted by atomic mass is 16.5. The average Bonchev–Trinajstić information content (AvgIpc) is 3.41. The lowest BCUT2D eigenvalue weighted by Gasteiger charge is -2.16. The van der Waals surface area contributed by atoms with Crippen molar-refractivity contribution in [2.24, 2.45) is 5.92 Å². The molecule has 5 heterocycles. The van der Waals surface area contributed by atoms with E-state index in [1.165, 1.54) is 6.42 Å². The van der Waals surface area contributed by atoms with Gasteiger partial charge in [0.25, 0.3) is 5.89 Å². The Morgan fingerprint density at radius 1 is 1.19 bits per heavy atom. The largest absolute Gasteiger partial charge is 0.356 e. The Balaban J connectivity index is 1.50. The van der Waals surface area contributed by atoms with Crippen LogP contribution in [0.25, 0.3) is 33.9 Å². The molecule has 0 aliphatic carbocycles. The van der Waals surface area contributed by atoms with Crippen LogP contribution in [0.3, 0.4) is 0 Å². The average molecular weight is 346 g/mol. The van der Waals surface area contributed by atoms with E-state index in [0.717, 1.165) is 41.1 Å². The first kappa shape index (κ1) is 15.1. The molecule has 7 nitrogen and oxygen atoms in total. The molecule has 1 saturated heterocycles. The van der Waals surface area contributed by atoms with Crippen molar-refractivity contribution in [2.75, 3.05) is 18.0 Å². The fraction of sp³-hybridized carbons (Fsp3) is 0.263. The van der Waals surface area contributed by atoms with Gasteiger partial charge in [0.1, 0.15) is 11.5 Å². The molecule has 1 unspecified atom stereocenters. The number of anilines is 1. The number of rotatable bonds is 3. The maximum Gasteiger partial charge on any atom is 0.258 e. The quantitative estimate of drug-likeness (QED) is 0.611. The lowest BCUT2D eigenvalue weighted by molar-refractivity contribution is 0.432. The SMILES string of the molecule is CC1CCN(c2cc(-c3nc(-c4ccnc5[nH]ccc45)no3)ccn2)C1. The minimum atomic E-state index is 0.497. The summed E-state index contributed by atoms with van der Waals surface area (Å²) in [5.74, 6) is 2.71. The molecule has 4 aromatic heterocycles. The number of H-pyrrole nitrogens is 1. The van der Waals surface area contributed by atoms with Crippen LogP contribution in [-0.4, -0.2) is 38.2 Å². The Morgan fingerprint density at radius 3 is 3.00 bits per heavy atom. The number of fused-ring (bicyclic) bond motifs is 1. The number of aromatic amines is 1. The standard InChI is InChI=1S/C19H18N6O/c1-12-5-9-25(11-12)16-10-13(2-6-20-16)19-23-18(24-26-19)15-4-8-22-17-14(15)3-7-21-17/h2-4,6-8,10,12H,5,9,11H2,1H3,(H,21,22). The summed E-state index contributed by atoms with van der Waals surface area (Å²) in [5, 5.41) is 5.14. The highest BCUT2D eigenvalue weighted by Crippen LogP contribution is 2.29. The number of hydrogen-bond donors (Lipinski definition) is 1. The summed E-state index contributed by atoms with van der Waals surface area (Å²) in [6.45, 7) is 4.34. The van der Waals surface area contributed by atoms with Gasteiger partial charge in [-0.15, -0.1) is 0 Å². The maximum atomic E-state index is 5.53. The Morgan fingerprint density at radius 2 is 2.12 bits per heavy atom. The second-order valence-electron chi connectivity index (χ2n) is 6.76. The lowest BCUT2D eigenvalue weighted by atomic mass is 10.2. The Hall–Kier alpha value is -3.22. The van der Waals surface area contributed by atoms with Crippen LogP contribution in [0.4, 0.5) is 5.82 Å². The molecule has 5 rings (SSSR count). The second kappa shape index (κ2) is 5.94. The molecule has 0 amide bonds. The highest BCUT2D eigenvalue weighted by Gasteiger charge is 2.21. The molecule has 4 aromatic rings. The van der Waals surface area contributed by atoms with Crippen molar-refractivity contribution in [1.82, 2.24) is 25.1 Å². The van der Waals surface area contributed by atoms with Gasteiger partial charge in [0, 0.05) is 48.2 Å². The van der Waals surface area contributed by atoms with Gasteiger partial charge in [-0.1, -0.05) is 12.1 Å². The van der Waals surface area contributed by atoms with Crippen molar-refractivity contribution in [3.8, 4) is 22.8 Å². The normalized spacial score (nSPS) is 17.3. The molecule has 1 fully saturated rings. The van der Waals surface area contributed by atoms with Crippen molar-refractivity contribution in [3.05, 3.63) is 42.9 Å².